The molecule has 3 heterocycles. The number of hydrogen-bond acceptors (Lipinski definition) is 5. The summed E-state index contributed by atoms with van der Waals surface area (Å²) in [5, 5.41) is 1.10. The van der Waals surface area contributed by atoms with Gasteiger partial charge in [-0.05, 0) is 43.2 Å². The normalized spacial score (nSPS) is 16.8. The number of rotatable bonds is 4. The fraction of sp³-hybridized carbons (Fsp3) is 0.286. The number of fused-ring (bicyclic) bond motifs is 1. The molecule has 0 amide bonds. The lowest BCUT2D eigenvalue weighted by atomic mass is 10.0. The fourth-order valence-corrected chi connectivity index (χ4v) is 3.50. The minimum atomic E-state index is -0.103. The third-order valence-corrected chi connectivity index (χ3v) is 4.83. The van der Waals surface area contributed by atoms with Crippen LogP contribution in [-0.4, -0.2) is 35.6 Å². The molecule has 5 nitrogen and oxygen atoms in total. The van der Waals surface area contributed by atoms with Crippen LogP contribution in [0.4, 0.5) is 5.82 Å². The van der Waals surface area contributed by atoms with Gasteiger partial charge in [0.1, 0.15) is 5.82 Å². The van der Waals surface area contributed by atoms with E-state index >= 15 is 0 Å². The van der Waals surface area contributed by atoms with Gasteiger partial charge in [-0.25, -0.2) is 4.98 Å². The van der Waals surface area contributed by atoms with Crippen LogP contribution in [0.25, 0.3) is 22.0 Å². The number of pyridine rings is 2. The number of ether oxygens (including phenoxy) is 1. The average molecular weight is 347 g/mol. The summed E-state index contributed by atoms with van der Waals surface area (Å²) in [6, 6.07) is 14.3. The van der Waals surface area contributed by atoms with Crippen LogP contribution in [0.1, 0.15) is 13.3 Å². The zero-order valence-electron chi connectivity index (χ0n) is 14.8. The molecule has 0 aliphatic carbocycles. The van der Waals surface area contributed by atoms with E-state index in [1.165, 1.54) is 0 Å². The lowest BCUT2D eigenvalue weighted by molar-refractivity contribution is -0.147. The van der Waals surface area contributed by atoms with Crippen molar-refractivity contribution in [2.45, 2.75) is 13.3 Å². The maximum absolute atomic E-state index is 12.0. The van der Waals surface area contributed by atoms with Crippen LogP contribution in [0.5, 0.6) is 0 Å². The number of benzene rings is 1. The zero-order valence-corrected chi connectivity index (χ0v) is 14.8. The van der Waals surface area contributed by atoms with Crippen molar-refractivity contribution in [3.63, 3.8) is 0 Å². The molecule has 2 aromatic heterocycles. The summed E-state index contributed by atoms with van der Waals surface area (Å²) in [5.41, 5.74) is 3.16. The number of carbonyl (C=O) groups is 1. The van der Waals surface area contributed by atoms with Crippen molar-refractivity contribution in [3.05, 3.63) is 54.9 Å². The molecule has 1 aromatic carbocycles. The van der Waals surface area contributed by atoms with E-state index in [1.54, 1.807) is 12.4 Å². The predicted octanol–water partition coefficient (Wildman–Crippen LogP) is 3.69. The molecule has 1 aliphatic heterocycles. The summed E-state index contributed by atoms with van der Waals surface area (Å²) in [7, 11) is 0. The van der Waals surface area contributed by atoms with Crippen molar-refractivity contribution >= 4 is 22.7 Å². The van der Waals surface area contributed by atoms with Crippen molar-refractivity contribution < 1.29 is 9.53 Å². The quantitative estimate of drug-likeness (QED) is 0.674. The third kappa shape index (κ3) is 3.12. The predicted molar refractivity (Wildman–Crippen MR) is 102 cm³/mol. The summed E-state index contributed by atoms with van der Waals surface area (Å²) >= 11 is 0. The molecule has 0 N–H and O–H groups in total. The highest BCUT2D eigenvalue weighted by atomic mass is 16.5. The molecule has 0 spiro atoms. The Morgan fingerprint density at radius 3 is 2.85 bits per heavy atom. The van der Waals surface area contributed by atoms with Gasteiger partial charge in [-0.15, -0.1) is 0 Å². The first kappa shape index (κ1) is 16.5. The highest BCUT2D eigenvalue weighted by molar-refractivity contribution is 5.94. The number of hydrogen-bond donors (Lipinski definition) is 0. The molecule has 3 aromatic rings. The molecule has 1 aliphatic rings. The molecule has 132 valence electrons. The summed E-state index contributed by atoms with van der Waals surface area (Å²) in [6.07, 6.45) is 4.40. The van der Waals surface area contributed by atoms with Gasteiger partial charge in [0.15, 0.2) is 0 Å². The van der Waals surface area contributed by atoms with Gasteiger partial charge in [0.2, 0.25) is 0 Å². The fourth-order valence-electron chi connectivity index (χ4n) is 3.50. The molecular weight excluding hydrogens is 326 g/mol. The standard InChI is InChI=1S/C21H21N3O2/c1-2-26-21(25)17-10-13-24(14-17)19-7-6-16-4-3-5-18(20(16)23-19)15-8-11-22-12-9-15/h3-9,11-12,17H,2,10,13-14H2,1H3. The van der Waals surface area contributed by atoms with Crippen LogP contribution < -0.4 is 4.90 Å². The van der Waals surface area contributed by atoms with E-state index < -0.39 is 0 Å². The second-order valence-electron chi connectivity index (χ2n) is 6.47. The highest BCUT2D eigenvalue weighted by Gasteiger charge is 2.30. The number of para-hydroxylation sites is 1. The first-order valence-electron chi connectivity index (χ1n) is 8.98. The molecule has 1 saturated heterocycles. The number of aromatic nitrogens is 2. The van der Waals surface area contributed by atoms with E-state index in [0.29, 0.717) is 13.2 Å². The van der Waals surface area contributed by atoms with E-state index in [9.17, 15) is 4.79 Å². The number of anilines is 1. The first-order chi connectivity index (χ1) is 12.8. The van der Waals surface area contributed by atoms with Crippen LogP contribution in [0, 0.1) is 5.92 Å². The van der Waals surface area contributed by atoms with Crippen molar-refractivity contribution in [1.29, 1.82) is 0 Å². The molecule has 4 rings (SSSR count). The lowest BCUT2D eigenvalue weighted by Crippen LogP contribution is -2.24. The highest BCUT2D eigenvalue weighted by Crippen LogP contribution is 2.30. The first-order valence-corrected chi connectivity index (χ1v) is 8.98. The van der Waals surface area contributed by atoms with Crippen LogP contribution in [0.2, 0.25) is 0 Å². The number of nitrogens with zero attached hydrogens (tertiary/aromatic N) is 3. The Morgan fingerprint density at radius 1 is 1.19 bits per heavy atom. The van der Waals surface area contributed by atoms with Gasteiger partial charge in [0.05, 0.1) is 18.0 Å². The molecule has 1 atom stereocenters. The minimum Gasteiger partial charge on any atom is -0.466 e. The smallest absolute Gasteiger partial charge is 0.310 e. The molecule has 1 unspecified atom stereocenters. The SMILES string of the molecule is CCOC(=O)C1CCN(c2ccc3cccc(-c4ccncc4)c3n2)C1. The largest absolute Gasteiger partial charge is 0.466 e. The van der Waals surface area contributed by atoms with Crippen molar-refractivity contribution in [2.24, 2.45) is 5.92 Å². The van der Waals surface area contributed by atoms with E-state index in [-0.39, 0.29) is 11.9 Å². The van der Waals surface area contributed by atoms with Crippen molar-refractivity contribution in [2.75, 3.05) is 24.6 Å². The van der Waals surface area contributed by atoms with E-state index in [1.807, 2.05) is 31.2 Å². The van der Waals surface area contributed by atoms with Crippen LogP contribution in [0.3, 0.4) is 0 Å². The van der Waals surface area contributed by atoms with Gasteiger partial charge < -0.3 is 9.64 Å². The molecule has 5 heteroatoms. The second kappa shape index (κ2) is 7.12. The Morgan fingerprint density at radius 2 is 2.04 bits per heavy atom. The van der Waals surface area contributed by atoms with E-state index in [0.717, 1.165) is 40.8 Å². The Labute approximate surface area is 152 Å². The van der Waals surface area contributed by atoms with Crippen molar-refractivity contribution in [3.8, 4) is 11.1 Å². The van der Waals surface area contributed by atoms with Gasteiger partial charge in [0.25, 0.3) is 0 Å². The summed E-state index contributed by atoms with van der Waals surface area (Å²) in [6.45, 7) is 3.75. The Kier molecular flexibility index (Phi) is 4.52. The summed E-state index contributed by atoms with van der Waals surface area (Å²) in [4.78, 5) is 23.2. The van der Waals surface area contributed by atoms with E-state index in [2.05, 4.69) is 28.1 Å². The van der Waals surface area contributed by atoms with Gasteiger partial charge in [0, 0.05) is 36.4 Å². The monoisotopic (exact) mass is 347 g/mol. The molecular formula is C21H21N3O2. The van der Waals surface area contributed by atoms with Gasteiger partial charge in [-0.3, -0.25) is 9.78 Å². The zero-order chi connectivity index (χ0) is 17.9. The summed E-state index contributed by atoms with van der Waals surface area (Å²) in [5.74, 6) is 0.738. The van der Waals surface area contributed by atoms with Crippen LogP contribution >= 0.6 is 0 Å². The molecule has 0 radical (unpaired) electrons. The van der Waals surface area contributed by atoms with Crippen LogP contribution in [-0.2, 0) is 9.53 Å². The molecule has 1 fully saturated rings. The lowest BCUT2D eigenvalue weighted by Gasteiger charge is -2.18. The second-order valence-corrected chi connectivity index (χ2v) is 6.47. The van der Waals surface area contributed by atoms with Gasteiger partial charge >= 0.3 is 5.97 Å². The average Bonchev–Trinajstić information content (AvgIpc) is 3.18. The van der Waals surface area contributed by atoms with E-state index in [4.69, 9.17) is 9.72 Å². The molecule has 26 heavy (non-hydrogen) atoms. The Balaban J connectivity index is 1.67. The Bertz CT molecular complexity index is 927. The minimum absolute atomic E-state index is 0.0668. The van der Waals surface area contributed by atoms with Gasteiger partial charge in [-0.1, -0.05) is 18.2 Å². The topological polar surface area (TPSA) is 55.3 Å². The number of esters is 1. The van der Waals surface area contributed by atoms with Crippen molar-refractivity contribution in [1.82, 2.24) is 9.97 Å². The maximum Gasteiger partial charge on any atom is 0.310 e. The maximum atomic E-state index is 12.0. The molecule has 0 bridgehead atoms. The third-order valence-electron chi connectivity index (χ3n) is 4.83. The van der Waals surface area contributed by atoms with Crippen LogP contribution in [0.15, 0.2) is 54.9 Å². The molecule has 0 saturated carbocycles. The summed E-state index contributed by atoms with van der Waals surface area (Å²) < 4.78 is 5.17. The van der Waals surface area contributed by atoms with Gasteiger partial charge in [-0.2, -0.15) is 0 Å². The Hall–Kier alpha value is -2.95. The number of carbonyl (C=O) groups excluding carboxylic acids is 1.